The van der Waals surface area contributed by atoms with E-state index in [2.05, 4.69) is 20.3 Å². The van der Waals surface area contributed by atoms with Crippen LogP contribution in [0.4, 0.5) is 27.4 Å². The zero-order valence-electron chi connectivity index (χ0n) is 16.6. The molecule has 0 saturated carbocycles. The maximum absolute atomic E-state index is 12.4. The quantitative estimate of drug-likeness (QED) is 0.685. The fraction of sp³-hybridized carbons (Fsp3) is 0.150. The van der Waals surface area contributed by atoms with Gasteiger partial charge in [0.2, 0.25) is 17.8 Å². The van der Waals surface area contributed by atoms with Gasteiger partial charge in [0.1, 0.15) is 11.5 Å². The highest BCUT2D eigenvalue weighted by atomic mass is 16.6. The van der Waals surface area contributed by atoms with Gasteiger partial charge in [0, 0.05) is 21.1 Å². The van der Waals surface area contributed by atoms with Crippen LogP contribution < -0.4 is 24.6 Å². The van der Waals surface area contributed by atoms with Crippen molar-refractivity contribution in [2.45, 2.75) is 0 Å². The van der Waals surface area contributed by atoms with Gasteiger partial charge in [-0.05, 0) is 24.3 Å². The van der Waals surface area contributed by atoms with Gasteiger partial charge in [-0.1, -0.05) is 36.4 Å². The van der Waals surface area contributed by atoms with Gasteiger partial charge in [0.15, 0.2) is 0 Å². The number of carbonyl (C=O) groups excluding carboxylic acids is 2. The summed E-state index contributed by atoms with van der Waals surface area (Å²) in [5.74, 6) is 0.894. The van der Waals surface area contributed by atoms with E-state index >= 15 is 0 Å². The van der Waals surface area contributed by atoms with Crippen LogP contribution in [0.3, 0.4) is 0 Å². The lowest BCUT2D eigenvalue weighted by molar-refractivity contribution is 0.208. The van der Waals surface area contributed by atoms with Crippen molar-refractivity contribution in [2.24, 2.45) is 0 Å². The zero-order valence-corrected chi connectivity index (χ0v) is 16.6. The molecule has 0 bridgehead atoms. The van der Waals surface area contributed by atoms with Crippen LogP contribution >= 0.6 is 0 Å². The smallest absolute Gasteiger partial charge is 0.410 e. The molecule has 0 aliphatic rings. The summed E-state index contributed by atoms with van der Waals surface area (Å²) in [7, 11) is 4.51. The molecule has 10 heteroatoms. The Hall–Kier alpha value is -4.21. The molecule has 0 spiro atoms. The number of amides is 2. The second-order valence-electron chi connectivity index (χ2n) is 5.99. The number of nitrogens with one attached hydrogen (secondary N) is 1. The van der Waals surface area contributed by atoms with Crippen molar-refractivity contribution in [1.82, 2.24) is 15.0 Å². The van der Waals surface area contributed by atoms with Gasteiger partial charge in [-0.3, -0.25) is 0 Å². The third kappa shape index (κ3) is 4.98. The molecule has 1 N–H and O–H groups in total. The lowest BCUT2D eigenvalue weighted by Crippen LogP contribution is -2.34. The lowest BCUT2D eigenvalue weighted by atomic mass is 10.3. The van der Waals surface area contributed by atoms with Gasteiger partial charge in [0.25, 0.3) is 0 Å². The fourth-order valence-corrected chi connectivity index (χ4v) is 2.24. The molecular weight excluding hydrogens is 388 g/mol. The fourth-order valence-electron chi connectivity index (χ4n) is 2.24. The Bertz CT molecular complexity index is 939. The average molecular weight is 408 g/mol. The van der Waals surface area contributed by atoms with E-state index in [1.807, 2.05) is 12.1 Å². The van der Waals surface area contributed by atoms with Gasteiger partial charge in [-0.2, -0.15) is 15.0 Å². The highest BCUT2D eigenvalue weighted by molar-refractivity contribution is 5.88. The summed E-state index contributed by atoms with van der Waals surface area (Å²) in [6, 6.07) is 17.2. The van der Waals surface area contributed by atoms with Crippen molar-refractivity contribution in [1.29, 1.82) is 0 Å². The molecular formula is C20H20N6O4. The Morgan fingerprint density at radius 1 is 0.733 bits per heavy atom. The molecule has 0 unspecified atom stereocenters. The summed E-state index contributed by atoms with van der Waals surface area (Å²) < 4.78 is 10.6. The van der Waals surface area contributed by atoms with Crippen LogP contribution in [0.15, 0.2) is 60.7 Å². The lowest BCUT2D eigenvalue weighted by Gasteiger charge is -2.19. The first-order valence-electron chi connectivity index (χ1n) is 8.93. The second kappa shape index (κ2) is 9.32. The Labute approximate surface area is 173 Å². The van der Waals surface area contributed by atoms with E-state index in [4.69, 9.17) is 9.47 Å². The number of hydrogen-bond acceptors (Lipinski definition) is 8. The highest BCUT2D eigenvalue weighted by Gasteiger charge is 2.22. The molecule has 0 atom stereocenters. The molecule has 0 fully saturated rings. The normalized spacial score (nSPS) is 10.1. The third-order valence-electron chi connectivity index (χ3n) is 3.88. The number of hydrogen-bond donors (Lipinski definition) is 1. The molecule has 30 heavy (non-hydrogen) atoms. The Balaban J connectivity index is 1.80. The molecule has 3 rings (SSSR count). The van der Waals surface area contributed by atoms with Crippen molar-refractivity contribution < 1.29 is 19.1 Å². The molecule has 0 saturated heterocycles. The first-order chi connectivity index (χ1) is 14.5. The largest absolute Gasteiger partial charge is 0.421 e. The summed E-state index contributed by atoms with van der Waals surface area (Å²) in [6.45, 7) is 0. The van der Waals surface area contributed by atoms with Crippen molar-refractivity contribution >= 4 is 30.0 Å². The third-order valence-corrected chi connectivity index (χ3v) is 3.88. The van der Waals surface area contributed by atoms with Gasteiger partial charge in [0.05, 0.1) is 0 Å². The predicted octanol–water partition coefficient (Wildman–Crippen LogP) is 3.18. The number of benzene rings is 2. The molecule has 1 heterocycles. The van der Waals surface area contributed by atoms with E-state index in [9.17, 15) is 9.59 Å². The molecule has 0 radical (unpaired) electrons. The summed E-state index contributed by atoms with van der Waals surface area (Å²) in [5, 5.41) is 2.77. The van der Waals surface area contributed by atoms with Crippen LogP contribution in [0.25, 0.3) is 0 Å². The average Bonchev–Trinajstić information content (AvgIpc) is 2.79. The first-order valence-corrected chi connectivity index (χ1v) is 8.93. The van der Waals surface area contributed by atoms with Crippen LogP contribution in [0.5, 0.6) is 11.5 Å². The minimum Gasteiger partial charge on any atom is -0.410 e. The van der Waals surface area contributed by atoms with Crippen LogP contribution in [0.2, 0.25) is 0 Å². The minimum absolute atomic E-state index is 0.00959. The van der Waals surface area contributed by atoms with Crippen molar-refractivity contribution in [3.05, 3.63) is 60.7 Å². The van der Waals surface area contributed by atoms with E-state index in [0.717, 1.165) is 9.80 Å². The molecule has 0 aliphatic heterocycles. The molecule has 154 valence electrons. The number of nitrogens with zero attached hydrogens (tertiary/aromatic N) is 5. The van der Waals surface area contributed by atoms with Gasteiger partial charge in [-0.15, -0.1) is 0 Å². The van der Waals surface area contributed by atoms with E-state index in [0.29, 0.717) is 11.5 Å². The van der Waals surface area contributed by atoms with E-state index in [1.54, 1.807) is 55.6 Å². The number of aromatic nitrogens is 3. The number of rotatable bonds is 5. The molecule has 2 amide bonds. The Kier molecular flexibility index (Phi) is 6.38. The topological polar surface area (TPSA) is 110 Å². The standard InChI is InChI=1S/C20H20N6O4/c1-21-16-22-17(25(2)19(27)29-14-10-6-4-7-11-14)24-18(23-16)26(3)20(28)30-15-12-8-5-9-13-15/h4-13H,1-3H3,(H,21,22,23,24). The van der Waals surface area contributed by atoms with Gasteiger partial charge < -0.3 is 14.8 Å². The SMILES string of the molecule is CNc1nc(N(C)C(=O)Oc2ccccc2)nc(N(C)C(=O)Oc2ccccc2)n1. The first kappa shape index (κ1) is 20.5. The molecule has 0 aliphatic carbocycles. The van der Waals surface area contributed by atoms with Gasteiger partial charge in [-0.25, -0.2) is 19.4 Å². The van der Waals surface area contributed by atoms with Crippen LogP contribution in [-0.2, 0) is 0 Å². The maximum Gasteiger partial charge on any atom is 0.421 e. The summed E-state index contributed by atoms with van der Waals surface area (Å²) in [5.41, 5.74) is 0. The maximum atomic E-state index is 12.4. The zero-order chi connectivity index (χ0) is 21.5. The second-order valence-corrected chi connectivity index (χ2v) is 5.99. The van der Waals surface area contributed by atoms with Crippen molar-refractivity contribution in [2.75, 3.05) is 36.3 Å². The number of anilines is 3. The summed E-state index contributed by atoms with van der Waals surface area (Å²) >= 11 is 0. The minimum atomic E-state index is -0.699. The van der Waals surface area contributed by atoms with Gasteiger partial charge >= 0.3 is 12.2 Å². The van der Waals surface area contributed by atoms with Crippen LogP contribution in [-0.4, -0.2) is 48.3 Å². The van der Waals surface area contributed by atoms with Crippen molar-refractivity contribution in [3.63, 3.8) is 0 Å². The van der Waals surface area contributed by atoms with Crippen LogP contribution in [0, 0.1) is 0 Å². The van der Waals surface area contributed by atoms with E-state index < -0.39 is 12.2 Å². The monoisotopic (exact) mass is 408 g/mol. The van der Waals surface area contributed by atoms with Crippen molar-refractivity contribution in [3.8, 4) is 11.5 Å². The number of carbonyl (C=O) groups is 2. The molecule has 10 nitrogen and oxygen atoms in total. The number of ether oxygens (including phenoxy) is 2. The van der Waals surface area contributed by atoms with E-state index in [-0.39, 0.29) is 17.8 Å². The Morgan fingerprint density at radius 3 is 1.50 bits per heavy atom. The summed E-state index contributed by atoms with van der Waals surface area (Å²) in [6.07, 6.45) is -1.40. The highest BCUT2D eigenvalue weighted by Crippen LogP contribution is 2.18. The number of para-hydroxylation sites is 2. The van der Waals surface area contributed by atoms with E-state index in [1.165, 1.54) is 14.1 Å². The predicted molar refractivity (Wildman–Crippen MR) is 111 cm³/mol. The van der Waals surface area contributed by atoms with Crippen LogP contribution in [0.1, 0.15) is 0 Å². The summed E-state index contributed by atoms with van der Waals surface area (Å²) in [4.78, 5) is 39.6. The Morgan fingerprint density at radius 2 is 1.13 bits per heavy atom. The molecule has 3 aromatic rings. The molecule has 1 aromatic heterocycles. The molecule has 2 aromatic carbocycles.